The van der Waals surface area contributed by atoms with Crippen molar-refractivity contribution in [2.24, 2.45) is 0 Å². The first-order chi connectivity index (χ1) is 15.0. The summed E-state index contributed by atoms with van der Waals surface area (Å²) in [7, 11) is 2.98. The van der Waals surface area contributed by atoms with E-state index in [1.54, 1.807) is 36.4 Å². The lowest BCUT2D eigenvalue weighted by molar-refractivity contribution is -0.136. The maximum atomic E-state index is 12.4. The van der Waals surface area contributed by atoms with Gasteiger partial charge in [0.2, 0.25) is 5.78 Å². The van der Waals surface area contributed by atoms with Crippen molar-refractivity contribution >= 4 is 17.8 Å². The predicted octanol–water partition coefficient (Wildman–Crippen LogP) is 4.33. The number of carbonyl (C=O) groups is 2. The Bertz CT molecular complexity index is 918. The fraction of sp³-hybridized carbons (Fsp3) is 0.333. The summed E-state index contributed by atoms with van der Waals surface area (Å²) in [6.45, 7) is 4.60. The van der Waals surface area contributed by atoms with Gasteiger partial charge in [0.05, 0.1) is 33.0 Å². The molecule has 0 N–H and O–H groups in total. The van der Waals surface area contributed by atoms with Crippen molar-refractivity contribution in [3.05, 3.63) is 53.6 Å². The van der Waals surface area contributed by atoms with Gasteiger partial charge in [-0.15, -0.1) is 0 Å². The highest BCUT2D eigenvalue weighted by Crippen LogP contribution is 2.29. The average molecular weight is 428 g/mol. The summed E-state index contributed by atoms with van der Waals surface area (Å²) in [5.41, 5.74) is 1.05. The van der Waals surface area contributed by atoms with Gasteiger partial charge in [0.1, 0.15) is 11.5 Å². The topological polar surface area (TPSA) is 80.3 Å². The molecule has 166 valence electrons. The number of hydrogen-bond donors (Lipinski definition) is 0. The van der Waals surface area contributed by atoms with E-state index in [-0.39, 0.29) is 5.78 Å². The Morgan fingerprint density at radius 2 is 1.71 bits per heavy atom. The Kier molecular flexibility index (Phi) is 9.42. The Morgan fingerprint density at radius 1 is 0.903 bits per heavy atom. The molecule has 7 nitrogen and oxygen atoms in total. The maximum Gasteiger partial charge on any atom is 0.331 e. The van der Waals surface area contributed by atoms with Gasteiger partial charge in [-0.3, -0.25) is 4.79 Å². The molecular formula is C24H28O7. The first-order valence-corrected chi connectivity index (χ1v) is 10.0. The predicted molar refractivity (Wildman–Crippen MR) is 117 cm³/mol. The van der Waals surface area contributed by atoms with Crippen molar-refractivity contribution in [2.45, 2.75) is 20.3 Å². The molecule has 0 bridgehead atoms. The molecule has 0 atom stereocenters. The van der Waals surface area contributed by atoms with E-state index in [1.807, 2.05) is 19.9 Å². The molecule has 2 aromatic carbocycles. The van der Waals surface area contributed by atoms with E-state index in [1.165, 1.54) is 20.3 Å². The van der Waals surface area contributed by atoms with Crippen molar-refractivity contribution in [2.75, 3.05) is 34.0 Å². The summed E-state index contributed by atoms with van der Waals surface area (Å²) in [6, 6.07) is 10.2. The molecule has 2 rings (SSSR count). The molecular weight excluding hydrogens is 400 g/mol. The molecule has 0 aliphatic heterocycles. The monoisotopic (exact) mass is 428 g/mol. The standard InChI is InChI=1S/C24H28O7/c1-5-13-30-21-11-7-17(14-23(21)29-6-2)8-12-24(26)31-16-20(25)19-10-9-18(27-3)15-22(19)28-4/h7-12,14-15H,5-6,13,16H2,1-4H3/b12-8+. The van der Waals surface area contributed by atoms with Crippen molar-refractivity contribution in [3.8, 4) is 23.0 Å². The summed E-state index contributed by atoms with van der Waals surface area (Å²) in [6.07, 6.45) is 3.74. The van der Waals surface area contributed by atoms with Crippen LogP contribution >= 0.6 is 0 Å². The summed E-state index contributed by atoms with van der Waals surface area (Å²) in [5, 5.41) is 0. The number of hydrogen-bond acceptors (Lipinski definition) is 7. The average Bonchev–Trinajstić information content (AvgIpc) is 2.80. The highest BCUT2D eigenvalue weighted by Gasteiger charge is 2.15. The number of ketones is 1. The van der Waals surface area contributed by atoms with Gasteiger partial charge in [-0.2, -0.15) is 0 Å². The third-order valence-electron chi connectivity index (χ3n) is 4.20. The van der Waals surface area contributed by atoms with E-state index in [2.05, 4.69) is 0 Å². The fourth-order valence-electron chi connectivity index (χ4n) is 2.68. The van der Waals surface area contributed by atoms with Crippen LogP contribution < -0.4 is 18.9 Å². The molecule has 0 aliphatic carbocycles. The second-order valence-corrected chi connectivity index (χ2v) is 6.42. The number of rotatable bonds is 12. The highest BCUT2D eigenvalue weighted by molar-refractivity contribution is 6.01. The second-order valence-electron chi connectivity index (χ2n) is 6.42. The van der Waals surface area contributed by atoms with E-state index in [9.17, 15) is 9.59 Å². The van der Waals surface area contributed by atoms with Gasteiger partial charge in [0, 0.05) is 12.1 Å². The van der Waals surface area contributed by atoms with Crippen molar-refractivity contribution in [1.82, 2.24) is 0 Å². The molecule has 0 saturated heterocycles. The van der Waals surface area contributed by atoms with E-state index in [0.717, 1.165) is 12.0 Å². The van der Waals surface area contributed by atoms with Gasteiger partial charge in [0.15, 0.2) is 18.1 Å². The van der Waals surface area contributed by atoms with Crippen LogP contribution in [0.5, 0.6) is 23.0 Å². The van der Waals surface area contributed by atoms with Crippen LogP contribution in [0.1, 0.15) is 36.2 Å². The van der Waals surface area contributed by atoms with Crippen LogP contribution in [-0.4, -0.2) is 45.8 Å². The lowest BCUT2D eigenvalue weighted by Crippen LogP contribution is -2.13. The van der Waals surface area contributed by atoms with Gasteiger partial charge in [-0.05, 0) is 49.2 Å². The fourth-order valence-corrected chi connectivity index (χ4v) is 2.68. The number of ether oxygens (including phenoxy) is 5. The van der Waals surface area contributed by atoms with Gasteiger partial charge in [-0.25, -0.2) is 4.79 Å². The molecule has 0 spiro atoms. The van der Waals surface area contributed by atoms with Crippen LogP contribution in [0.2, 0.25) is 0 Å². The lowest BCUT2D eigenvalue weighted by atomic mass is 10.1. The molecule has 7 heteroatoms. The third kappa shape index (κ3) is 7.06. The Hall–Kier alpha value is -3.48. The van der Waals surface area contributed by atoms with E-state index in [4.69, 9.17) is 23.7 Å². The van der Waals surface area contributed by atoms with Crippen LogP contribution in [-0.2, 0) is 9.53 Å². The Balaban J connectivity index is 1.99. The first kappa shape index (κ1) is 23.8. The minimum absolute atomic E-state index is 0.309. The minimum Gasteiger partial charge on any atom is -0.497 e. The quantitative estimate of drug-likeness (QED) is 0.283. The van der Waals surface area contributed by atoms with Crippen LogP contribution in [0.3, 0.4) is 0 Å². The largest absolute Gasteiger partial charge is 0.497 e. The zero-order chi connectivity index (χ0) is 22.6. The number of benzene rings is 2. The summed E-state index contributed by atoms with van der Waals surface area (Å²) >= 11 is 0. The van der Waals surface area contributed by atoms with Crippen molar-refractivity contribution < 1.29 is 33.3 Å². The van der Waals surface area contributed by atoms with Crippen LogP contribution in [0, 0.1) is 0 Å². The SMILES string of the molecule is CCCOc1ccc(/C=C/C(=O)OCC(=O)c2ccc(OC)cc2OC)cc1OCC. The molecule has 0 fully saturated rings. The smallest absolute Gasteiger partial charge is 0.331 e. The van der Waals surface area contributed by atoms with Crippen molar-refractivity contribution in [1.29, 1.82) is 0 Å². The normalized spacial score (nSPS) is 10.6. The summed E-state index contributed by atoms with van der Waals surface area (Å²) < 4.78 is 26.7. The van der Waals surface area contributed by atoms with E-state index < -0.39 is 12.6 Å². The number of carbonyl (C=O) groups excluding carboxylic acids is 2. The molecule has 0 saturated carbocycles. The van der Waals surface area contributed by atoms with Crippen LogP contribution in [0.25, 0.3) is 6.08 Å². The number of methoxy groups -OCH3 is 2. The van der Waals surface area contributed by atoms with E-state index in [0.29, 0.717) is 41.8 Å². The molecule has 0 aromatic heterocycles. The van der Waals surface area contributed by atoms with Crippen LogP contribution in [0.4, 0.5) is 0 Å². The van der Waals surface area contributed by atoms with Crippen molar-refractivity contribution in [3.63, 3.8) is 0 Å². The summed E-state index contributed by atoms with van der Waals surface area (Å²) in [5.74, 6) is 1.16. The van der Waals surface area contributed by atoms with Gasteiger partial charge < -0.3 is 23.7 Å². The Morgan fingerprint density at radius 3 is 2.39 bits per heavy atom. The zero-order valence-electron chi connectivity index (χ0n) is 18.3. The Labute approximate surface area is 182 Å². The number of esters is 1. The molecule has 0 heterocycles. The number of Topliss-reactive ketones (excluding diaryl/α,β-unsaturated/α-hetero) is 1. The minimum atomic E-state index is -0.634. The maximum absolute atomic E-state index is 12.4. The third-order valence-corrected chi connectivity index (χ3v) is 4.20. The second kappa shape index (κ2) is 12.3. The molecule has 31 heavy (non-hydrogen) atoms. The van der Waals surface area contributed by atoms with E-state index >= 15 is 0 Å². The summed E-state index contributed by atoms with van der Waals surface area (Å²) in [4.78, 5) is 24.4. The molecule has 2 aromatic rings. The first-order valence-electron chi connectivity index (χ1n) is 10.0. The van der Waals surface area contributed by atoms with Gasteiger partial charge >= 0.3 is 5.97 Å². The molecule has 0 aliphatic rings. The highest BCUT2D eigenvalue weighted by atomic mass is 16.5. The van der Waals surface area contributed by atoms with Crippen LogP contribution in [0.15, 0.2) is 42.5 Å². The van der Waals surface area contributed by atoms with Gasteiger partial charge in [-0.1, -0.05) is 13.0 Å². The molecule has 0 radical (unpaired) electrons. The van der Waals surface area contributed by atoms with Gasteiger partial charge in [0.25, 0.3) is 0 Å². The molecule has 0 unspecified atom stereocenters. The zero-order valence-corrected chi connectivity index (χ0v) is 18.3. The molecule has 0 amide bonds. The lowest BCUT2D eigenvalue weighted by Gasteiger charge is -2.12.